The van der Waals surface area contributed by atoms with E-state index in [1.807, 2.05) is 0 Å². The Morgan fingerprint density at radius 2 is 2.33 bits per heavy atom. The van der Waals surface area contributed by atoms with Crippen LogP contribution in [0.25, 0.3) is 0 Å². The van der Waals surface area contributed by atoms with Crippen LogP contribution in [-0.2, 0) is 13.0 Å². The largest absolute Gasteiger partial charge is 0.327 e. The van der Waals surface area contributed by atoms with Gasteiger partial charge in [-0.15, -0.1) is 23.7 Å². The third kappa shape index (κ3) is 3.92. The van der Waals surface area contributed by atoms with E-state index in [2.05, 4.69) is 29.1 Å². The number of aromatic nitrogens is 1. The summed E-state index contributed by atoms with van der Waals surface area (Å²) in [6.45, 7) is 6.43. The molecule has 2 unspecified atom stereocenters. The predicted octanol–water partition coefficient (Wildman–Crippen LogP) is 2.83. The van der Waals surface area contributed by atoms with Gasteiger partial charge in [-0.05, 0) is 32.7 Å². The van der Waals surface area contributed by atoms with E-state index in [4.69, 9.17) is 5.73 Å². The molecule has 1 aliphatic rings. The van der Waals surface area contributed by atoms with Crippen molar-refractivity contribution in [1.29, 1.82) is 0 Å². The van der Waals surface area contributed by atoms with Gasteiger partial charge in [-0.3, -0.25) is 4.90 Å². The molecule has 1 saturated heterocycles. The summed E-state index contributed by atoms with van der Waals surface area (Å²) in [6, 6.07) is 0.801. The van der Waals surface area contributed by atoms with Crippen LogP contribution in [0.15, 0.2) is 5.38 Å². The van der Waals surface area contributed by atoms with Crippen molar-refractivity contribution in [3.8, 4) is 0 Å². The molecule has 2 heterocycles. The standard InChI is InChI=1S/C13H23N3S.ClH/c1-3-13-15-11(9-17-13)8-16-7-5-4-6-12(16)10(2)14;/h9-10,12H,3-8,14H2,1-2H3;1H. The molecular formula is C13H24ClN3S. The molecule has 3 nitrogen and oxygen atoms in total. The molecule has 0 spiro atoms. The highest BCUT2D eigenvalue weighted by molar-refractivity contribution is 7.09. The normalized spacial score (nSPS) is 22.5. The van der Waals surface area contributed by atoms with Crippen LogP contribution in [0, 0.1) is 0 Å². The lowest BCUT2D eigenvalue weighted by molar-refractivity contribution is 0.121. The van der Waals surface area contributed by atoms with Gasteiger partial charge < -0.3 is 5.73 Å². The van der Waals surface area contributed by atoms with Crippen molar-refractivity contribution in [1.82, 2.24) is 9.88 Å². The van der Waals surface area contributed by atoms with E-state index in [9.17, 15) is 0 Å². The van der Waals surface area contributed by atoms with Gasteiger partial charge in [-0.25, -0.2) is 4.98 Å². The van der Waals surface area contributed by atoms with E-state index >= 15 is 0 Å². The highest BCUT2D eigenvalue weighted by atomic mass is 35.5. The fraction of sp³-hybridized carbons (Fsp3) is 0.769. The summed E-state index contributed by atoms with van der Waals surface area (Å²) >= 11 is 1.78. The van der Waals surface area contributed by atoms with Gasteiger partial charge in [0.1, 0.15) is 0 Å². The molecule has 104 valence electrons. The fourth-order valence-corrected chi connectivity index (χ4v) is 3.34. The smallest absolute Gasteiger partial charge is 0.0926 e. The molecule has 1 aliphatic heterocycles. The van der Waals surface area contributed by atoms with Gasteiger partial charge in [0, 0.05) is 24.0 Å². The Morgan fingerprint density at radius 1 is 1.56 bits per heavy atom. The number of likely N-dealkylation sites (tertiary alicyclic amines) is 1. The molecule has 2 N–H and O–H groups in total. The van der Waals surface area contributed by atoms with Crippen molar-refractivity contribution in [3.05, 3.63) is 16.1 Å². The van der Waals surface area contributed by atoms with Crippen LogP contribution < -0.4 is 5.73 Å². The number of thiazole rings is 1. The lowest BCUT2D eigenvalue weighted by Crippen LogP contribution is -2.48. The Morgan fingerprint density at radius 3 is 2.94 bits per heavy atom. The lowest BCUT2D eigenvalue weighted by Gasteiger charge is -2.37. The van der Waals surface area contributed by atoms with Crippen LogP contribution >= 0.6 is 23.7 Å². The molecule has 2 atom stereocenters. The first-order chi connectivity index (χ1) is 8.20. The monoisotopic (exact) mass is 289 g/mol. The summed E-state index contributed by atoms with van der Waals surface area (Å²) in [7, 11) is 0. The van der Waals surface area contributed by atoms with Gasteiger partial charge in [-0.1, -0.05) is 13.3 Å². The second-order valence-corrected chi connectivity index (χ2v) is 5.92. The molecule has 0 saturated carbocycles. The molecule has 18 heavy (non-hydrogen) atoms. The molecule has 0 bridgehead atoms. The zero-order chi connectivity index (χ0) is 12.3. The molecule has 0 amide bonds. The molecule has 0 aliphatic carbocycles. The number of halogens is 1. The lowest BCUT2D eigenvalue weighted by atomic mass is 9.97. The van der Waals surface area contributed by atoms with Gasteiger partial charge in [-0.2, -0.15) is 0 Å². The third-order valence-corrected chi connectivity index (χ3v) is 4.58. The zero-order valence-corrected chi connectivity index (χ0v) is 12.9. The van der Waals surface area contributed by atoms with Crippen molar-refractivity contribution in [3.63, 3.8) is 0 Å². The number of nitrogens with zero attached hydrogens (tertiary/aromatic N) is 2. The number of nitrogens with two attached hydrogens (primary N) is 1. The minimum absolute atomic E-state index is 0. The molecule has 1 fully saturated rings. The summed E-state index contributed by atoms with van der Waals surface area (Å²) in [5.74, 6) is 0. The van der Waals surface area contributed by atoms with Crippen molar-refractivity contribution in [2.75, 3.05) is 6.54 Å². The van der Waals surface area contributed by atoms with Crippen LogP contribution in [0.4, 0.5) is 0 Å². The topological polar surface area (TPSA) is 42.2 Å². The predicted molar refractivity (Wildman–Crippen MR) is 80.4 cm³/mol. The number of hydrogen-bond donors (Lipinski definition) is 1. The molecular weight excluding hydrogens is 266 g/mol. The van der Waals surface area contributed by atoms with E-state index in [-0.39, 0.29) is 18.4 Å². The van der Waals surface area contributed by atoms with Crippen molar-refractivity contribution in [2.45, 2.75) is 58.2 Å². The average molecular weight is 290 g/mol. The summed E-state index contributed by atoms with van der Waals surface area (Å²) in [5.41, 5.74) is 7.30. The van der Waals surface area contributed by atoms with Crippen LogP contribution in [0.2, 0.25) is 0 Å². The van der Waals surface area contributed by atoms with Crippen molar-refractivity contribution >= 4 is 23.7 Å². The minimum atomic E-state index is 0. The highest BCUT2D eigenvalue weighted by Gasteiger charge is 2.25. The SMILES string of the molecule is CCc1nc(CN2CCCCC2C(C)N)cs1.Cl. The minimum Gasteiger partial charge on any atom is -0.327 e. The second-order valence-electron chi connectivity index (χ2n) is 4.98. The number of piperidine rings is 1. The number of aryl methyl sites for hydroxylation is 1. The summed E-state index contributed by atoms with van der Waals surface area (Å²) in [4.78, 5) is 7.17. The van der Waals surface area contributed by atoms with Gasteiger partial charge in [0.15, 0.2) is 0 Å². The van der Waals surface area contributed by atoms with Gasteiger partial charge in [0.2, 0.25) is 0 Å². The van der Waals surface area contributed by atoms with Crippen molar-refractivity contribution in [2.24, 2.45) is 5.73 Å². The van der Waals surface area contributed by atoms with Gasteiger partial charge in [0.25, 0.3) is 0 Å². The maximum absolute atomic E-state index is 6.08. The Hall–Kier alpha value is -0.160. The Bertz CT molecular complexity index is 354. The highest BCUT2D eigenvalue weighted by Crippen LogP contribution is 2.22. The van der Waals surface area contributed by atoms with E-state index in [0.717, 1.165) is 13.0 Å². The molecule has 2 rings (SSSR count). The van der Waals surface area contributed by atoms with E-state index < -0.39 is 0 Å². The van der Waals surface area contributed by atoms with Crippen LogP contribution in [-0.4, -0.2) is 28.5 Å². The molecule has 5 heteroatoms. The van der Waals surface area contributed by atoms with Gasteiger partial charge >= 0.3 is 0 Å². The van der Waals surface area contributed by atoms with E-state index in [1.165, 1.54) is 36.5 Å². The second kappa shape index (κ2) is 7.43. The summed E-state index contributed by atoms with van der Waals surface area (Å²) in [5, 5.41) is 3.44. The molecule has 1 aromatic rings. The molecule has 0 radical (unpaired) electrons. The Balaban J connectivity index is 0.00000162. The molecule has 0 aromatic carbocycles. The molecule has 1 aromatic heterocycles. The maximum atomic E-state index is 6.08. The quantitative estimate of drug-likeness (QED) is 0.927. The average Bonchev–Trinajstić information content (AvgIpc) is 2.77. The van der Waals surface area contributed by atoms with E-state index in [0.29, 0.717) is 6.04 Å². The zero-order valence-electron chi connectivity index (χ0n) is 11.3. The third-order valence-electron chi connectivity index (χ3n) is 3.54. The first-order valence-electron chi connectivity index (χ1n) is 6.63. The van der Waals surface area contributed by atoms with E-state index in [1.54, 1.807) is 11.3 Å². The first-order valence-corrected chi connectivity index (χ1v) is 7.51. The summed E-state index contributed by atoms with van der Waals surface area (Å²) in [6.07, 6.45) is 4.90. The first kappa shape index (κ1) is 15.9. The number of rotatable bonds is 4. The fourth-order valence-electron chi connectivity index (χ4n) is 2.60. The maximum Gasteiger partial charge on any atom is 0.0926 e. The number of hydrogen-bond acceptors (Lipinski definition) is 4. The van der Waals surface area contributed by atoms with Crippen LogP contribution in [0.5, 0.6) is 0 Å². The van der Waals surface area contributed by atoms with Crippen molar-refractivity contribution < 1.29 is 0 Å². The van der Waals surface area contributed by atoms with Gasteiger partial charge in [0.05, 0.1) is 10.7 Å². The Kier molecular flexibility index (Phi) is 6.57. The Labute approximate surface area is 120 Å². The van der Waals surface area contributed by atoms with Crippen LogP contribution in [0.1, 0.15) is 43.8 Å². The summed E-state index contributed by atoms with van der Waals surface area (Å²) < 4.78 is 0. The van der Waals surface area contributed by atoms with Crippen LogP contribution in [0.3, 0.4) is 0 Å².